The van der Waals surface area contributed by atoms with Gasteiger partial charge in [-0.3, -0.25) is 4.68 Å². The van der Waals surface area contributed by atoms with Gasteiger partial charge in [-0.05, 0) is 19.3 Å². The molecule has 0 spiro atoms. The molecular weight excluding hydrogens is 136 g/mol. The van der Waals surface area contributed by atoms with E-state index in [1.54, 1.807) is 0 Å². The molecule has 1 saturated carbocycles. The molecule has 0 unspecified atom stereocenters. The van der Waals surface area contributed by atoms with Crippen LogP contribution in [0.1, 0.15) is 30.9 Å². The van der Waals surface area contributed by atoms with Gasteiger partial charge < -0.3 is 0 Å². The van der Waals surface area contributed by atoms with Crippen LogP contribution in [-0.2, 0) is 0 Å². The fourth-order valence-electron chi connectivity index (χ4n) is 1.31. The van der Waals surface area contributed by atoms with Gasteiger partial charge in [0.2, 0.25) is 0 Å². The summed E-state index contributed by atoms with van der Waals surface area (Å²) in [6, 6.07) is 0.670. The molecule has 0 amide bonds. The fourth-order valence-corrected chi connectivity index (χ4v) is 1.31. The van der Waals surface area contributed by atoms with Crippen molar-refractivity contribution in [1.29, 1.82) is 0 Å². The minimum Gasteiger partial charge on any atom is -0.269 e. The van der Waals surface area contributed by atoms with Crippen LogP contribution in [0.5, 0.6) is 0 Å². The zero-order chi connectivity index (χ0) is 7.68. The Morgan fingerprint density at radius 2 is 2.45 bits per heavy atom. The van der Waals surface area contributed by atoms with Crippen molar-refractivity contribution >= 4 is 6.08 Å². The van der Waals surface area contributed by atoms with E-state index in [2.05, 4.69) is 22.6 Å². The molecule has 58 valence electrons. The first-order chi connectivity index (χ1) is 5.40. The molecule has 0 radical (unpaired) electrons. The highest BCUT2D eigenvalue weighted by atomic mass is 15.3. The Bertz CT molecular complexity index is 258. The van der Waals surface area contributed by atoms with Crippen molar-refractivity contribution in [2.75, 3.05) is 0 Å². The first-order valence-corrected chi connectivity index (χ1v) is 4.07. The van der Waals surface area contributed by atoms with Crippen molar-refractivity contribution in [3.8, 4) is 0 Å². The monoisotopic (exact) mass is 148 g/mol. The van der Waals surface area contributed by atoms with Gasteiger partial charge in [-0.25, -0.2) is 0 Å². The van der Waals surface area contributed by atoms with Crippen molar-refractivity contribution in [3.63, 3.8) is 0 Å². The summed E-state index contributed by atoms with van der Waals surface area (Å²) in [7, 11) is 0. The van der Waals surface area contributed by atoms with E-state index in [0.717, 1.165) is 5.56 Å². The number of hydrogen-bond acceptors (Lipinski definition) is 1. The molecule has 1 heterocycles. The van der Waals surface area contributed by atoms with Gasteiger partial charge >= 0.3 is 0 Å². The van der Waals surface area contributed by atoms with Gasteiger partial charge in [0, 0.05) is 11.8 Å². The van der Waals surface area contributed by atoms with E-state index in [4.69, 9.17) is 0 Å². The van der Waals surface area contributed by atoms with Crippen LogP contribution in [-0.4, -0.2) is 9.78 Å². The standard InChI is InChI=1S/C9H12N2/c1-2-8-6-10-11(7-8)9-4-3-5-9/h2,6-7,9H,1,3-5H2. The minimum atomic E-state index is 0.670. The molecule has 2 rings (SSSR count). The summed E-state index contributed by atoms with van der Waals surface area (Å²) < 4.78 is 2.06. The van der Waals surface area contributed by atoms with Crippen LogP contribution in [0.15, 0.2) is 19.0 Å². The summed E-state index contributed by atoms with van der Waals surface area (Å²) >= 11 is 0. The first-order valence-electron chi connectivity index (χ1n) is 4.07. The molecule has 0 aliphatic heterocycles. The number of rotatable bonds is 2. The summed E-state index contributed by atoms with van der Waals surface area (Å²) in [4.78, 5) is 0. The van der Waals surface area contributed by atoms with E-state index in [1.165, 1.54) is 19.3 Å². The first kappa shape index (κ1) is 6.65. The van der Waals surface area contributed by atoms with Gasteiger partial charge in [0.25, 0.3) is 0 Å². The third-order valence-electron chi connectivity index (χ3n) is 2.31. The molecule has 1 fully saturated rings. The van der Waals surface area contributed by atoms with E-state index in [0.29, 0.717) is 6.04 Å². The van der Waals surface area contributed by atoms with Gasteiger partial charge in [-0.15, -0.1) is 0 Å². The molecule has 0 bridgehead atoms. The molecule has 1 aliphatic rings. The number of hydrogen-bond donors (Lipinski definition) is 0. The lowest BCUT2D eigenvalue weighted by molar-refractivity contribution is 0.289. The zero-order valence-corrected chi connectivity index (χ0v) is 6.53. The van der Waals surface area contributed by atoms with Crippen molar-refractivity contribution < 1.29 is 0 Å². The highest BCUT2D eigenvalue weighted by Gasteiger charge is 2.19. The lowest BCUT2D eigenvalue weighted by Gasteiger charge is -2.25. The van der Waals surface area contributed by atoms with Crippen LogP contribution in [0, 0.1) is 0 Å². The Kier molecular flexibility index (Phi) is 1.53. The molecule has 0 N–H and O–H groups in total. The molecule has 2 nitrogen and oxygen atoms in total. The molecule has 1 aromatic rings. The fraction of sp³-hybridized carbons (Fsp3) is 0.444. The quantitative estimate of drug-likeness (QED) is 0.629. The molecule has 11 heavy (non-hydrogen) atoms. The minimum absolute atomic E-state index is 0.670. The third kappa shape index (κ3) is 1.09. The predicted octanol–water partition coefficient (Wildman–Crippen LogP) is 2.25. The van der Waals surface area contributed by atoms with Gasteiger partial charge in [-0.2, -0.15) is 5.10 Å². The predicted molar refractivity (Wildman–Crippen MR) is 45.2 cm³/mol. The number of nitrogens with zero attached hydrogens (tertiary/aromatic N) is 2. The van der Waals surface area contributed by atoms with Gasteiger partial charge in [0.15, 0.2) is 0 Å². The Labute approximate surface area is 66.5 Å². The highest BCUT2D eigenvalue weighted by Crippen LogP contribution is 2.30. The average molecular weight is 148 g/mol. The largest absolute Gasteiger partial charge is 0.269 e. The topological polar surface area (TPSA) is 17.8 Å². The summed E-state index contributed by atoms with van der Waals surface area (Å²) in [5, 5.41) is 4.25. The second kappa shape index (κ2) is 2.53. The SMILES string of the molecule is C=Cc1cnn(C2CCC2)c1. The third-order valence-corrected chi connectivity index (χ3v) is 2.31. The summed E-state index contributed by atoms with van der Waals surface area (Å²) in [5.41, 5.74) is 1.12. The Hall–Kier alpha value is -1.05. The molecule has 0 atom stereocenters. The van der Waals surface area contributed by atoms with Gasteiger partial charge in [0.1, 0.15) is 0 Å². The maximum absolute atomic E-state index is 4.25. The Morgan fingerprint density at radius 3 is 2.91 bits per heavy atom. The van der Waals surface area contributed by atoms with E-state index >= 15 is 0 Å². The van der Waals surface area contributed by atoms with E-state index in [9.17, 15) is 0 Å². The van der Waals surface area contributed by atoms with E-state index < -0.39 is 0 Å². The molecule has 1 aromatic heterocycles. The van der Waals surface area contributed by atoms with Crippen molar-refractivity contribution in [2.24, 2.45) is 0 Å². The molecule has 2 heteroatoms. The Balaban J connectivity index is 2.17. The molecular formula is C9H12N2. The van der Waals surface area contributed by atoms with Gasteiger partial charge in [0.05, 0.1) is 12.2 Å². The van der Waals surface area contributed by atoms with Crippen LogP contribution in [0.4, 0.5) is 0 Å². The van der Waals surface area contributed by atoms with Crippen LogP contribution in [0.3, 0.4) is 0 Å². The van der Waals surface area contributed by atoms with Crippen LogP contribution in [0.2, 0.25) is 0 Å². The van der Waals surface area contributed by atoms with Crippen LogP contribution in [0.25, 0.3) is 6.08 Å². The van der Waals surface area contributed by atoms with Crippen LogP contribution < -0.4 is 0 Å². The van der Waals surface area contributed by atoms with Gasteiger partial charge in [-0.1, -0.05) is 12.7 Å². The van der Waals surface area contributed by atoms with E-state index in [-0.39, 0.29) is 0 Å². The summed E-state index contributed by atoms with van der Waals surface area (Å²) in [5.74, 6) is 0. The van der Waals surface area contributed by atoms with Crippen molar-refractivity contribution in [1.82, 2.24) is 9.78 Å². The second-order valence-electron chi connectivity index (χ2n) is 3.04. The Morgan fingerprint density at radius 1 is 1.64 bits per heavy atom. The maximum Gasteiger partial charge on any atom is 0.0562 e. The number of aromatic nitrogens is 2. The van der Waals surface area contributed by atoms with Crippen molar-refractivity contribution in [2.45, 2.75) is 25.3 Å². The molecule has 0 aromatic carbocycles. The lowest BCUT2D eigenvalue weighted by Crippen LogP contribution is -2.16. The maximum atomic E-state index is 4.25. The zero-order valence-electron chi connectivity index (χ0n) is 6.53. The summed E-state index contributed by atoms with van der Waals surface area (Å²) in [6.45, 7) is 3.69. The molecule has 1 aliphatic carbocycles. The summed E-state index contributed by atoms with van der Waals surface area (Å²) in [6.07, 6.45) is 9.70. The smallest absolute Gasteiger partial charge is 0.0562 e. The normalized spacial score (nSPS) is 17.8. The molecule has 0 saturated heterocycles. The second-order valence-corrected chi connectivity index (χ2v) is 3.04. The highest BCUT2D eigenvalue weighted by molar-refractivity contribution is 5.43. The van der Waals surface area contributed by atoms with Crippen molar-refractivity contribution in [3.05, 3.63) is 24.5 Å². The van der Waals surface area contributed by atoms with E-state index in [1.807, 2.05) is 12.3 Å². The lowest BCUT2D eigenvalue weighted by atomic mass is 9.93. The average Bonchev–Trinajstić information content (AvgIpc) is 2.32. The van der Waals surface area contributed by atoms with Crippen LogP contribution >= 0.6 is 0 Å².